The van der Waals surface area contributed by atoms with Crippen LogP contribution in [0.2, 0.25) is 0 Å². The first-order chi connectivity index (χ1) is 5.84. The summed E-state index contributed by atoms with van der Waals surface area (Å²) >= 11 is 0. The third kappa shape index (κ3) is 2.36. The SMILES string of the molecule is CCONC(=O)c1ccccc1. The molecule has 0 spiro atoms. The highest BCUT2D eigenvalue weighted by atomic mass is 16.6. The molecule has 12 heavy (non-hydrogen) atoms. The van der Waals surface area contributed by atoms with E-state index < -0.39 is 0 Å². The van der Waals surface area contributed by atoms with Gasteiger partial charge in [-0.2, -0.15) is 0 Å². The lowest BCUT2D eigenvalue weighted by Crippen LogP contribution is -2.23. The summed E-state index contributed by atoms with van der Waals surface area (Å²) in [6.07, 6.45) is 0. The molecule has 0 aromatic heterocycles. The second kappa shape index (κ2) is 4.51. The molecular weight excluding hydrogens is 154 g/mol. The summed E-state index contributed by atoms with van der Waals surface area (Å²) in [4.78, 5) is 15.9. The molecule has 3 nitrogen and oxygen atoms in total. The minimum absolute atomic E-state index is 0.211. The molecule has 1 amide bonds. The predicted octanol–water partition coefficient (Wildman–Crippen LogP) is 1.37. The van der Waals surface area contributed by atoms with Crippen LogP contribution in [0.3, 0.4) is 0 Å². The molecule has 0 saturated carbocycles. The number of carbonyl (C=O) groups is 1. The summed E-state index contributed by atoms with van der Waals surface area (Å²) < 4.78 is 0. The molecule has 0 bridgehead atoms. The zero-order chi connectivity index (χ0) is 8.81. The highest BCUT2D eigenvalue weighted by Gasteiger charge is 2.01. The summed E-state index contributed by atoms with van der Waals surface area (Å²) in [5, 5.41) is 0. The highest BCUT2D eigenvalue weighted by Crippen LogP contribution is 1.97. The van der Waals surface area contributed by atoms with E-state index in [9.17, 15) is 4.79 Å². The molecule has 0 aliphatic rings. The van der Waals surface area contributed by atoms with E-state index >= 15 is 0 Å². The van der Waals surface area contributed by atoms with Crippen molar-refractivity contribution in [3.05, 3.63) is 35.9 Å². The van der Waals surface area contributed by atoms with Gasteiger partial charge in [-0.25, -0.2) is 5.48 Å². The number of amides is 1. The van der Waals surface area contributed by atoms with Crippen LogP contribution in [-0.4, -0.2) is 12.5 Å². The maximum absolute atomic E-state index is 11.2. The predicted molar refractivity (Wildman–Crippen MR) is 45.5 cm³/mol. The van der Waals surface area contributed by atoms with Crippen molar-refractivity contribution in [3.8, 4) is 0 Å². The Morgan fingerprint density at radius 3 is 2.67 bits per heavy atom. The van der Waals surface area contributed by atoms with E-state index in [2.05, 4.69) is 5.48 Å². The zero-order valence-electron chi connectivity index (χ0n) is 6.91. The third-order valence-electron chi connectivity index (χ3n) is 1.35. The van der Waals surface area contributed by atoms with Gasteiger partial charge in [0.05, 0.1) is 6.61 Å². The van der Waals surface area contributed by atoms with E-state index in [0.29, 0.717) is 12.2 Å². The molecule has 64 valence electrons. The molecule has 0 aliphatic heterocycles. The quantitative estimate of drug-likeness (QED) is 0.687. The smallest absolute Gasteiger partial charge is 0.274 e. The van der Waals surface area contributed by atoms with E-state index in [1.54, 1.807) is 24.3 Å². The molecular formula is C9H11NO2. The highest BCUT2D eigenvalue weighted by molar-refractivity contribution is 5.93. The molecule has 0 unspecified atom stereocenters. The minimum atomic E-state index is -0.211. The third-order valence-corrected chi connectivity index (χ3v) is 1.35. The summed E-state index contributed by atoms with van der Waals surface area (Å²) in [6.45, 7) is 2.28. The fourth-order valence-corrected chi connectivity index (χ4v) is 0.786. The molecule has 0 atom stereocenters. The molecule has 0 fully saturated rings. The standard InChI is InChI=1S/C9H11NO2/c1-2-12-10-9(11)8-6-4-3-5-7-8/h3-7H,2H2,1H3,(H,10,11). The van der Waals surface area contributed by atoms with Gasteiger partial charge in [0.1, 0.15) is 0 Å². The lowest BCUT2D eigenvalue weighted by atomic mass is 10.2. The van der Waals surface area contributed by atoms with Crippen LogP contribution in [0.15, 0.2) is 30.3 Å². The Balaban J connectivity index is 2.54. The number of hydrogen-bond acceptors (Lipinski definition) is 2. The first-order valence-corrected chi connectivity index (χ1v) is 3.81. The van der Waals surface area contributed by atoms with Crippen molar-refractivity contribution in [2.45, 2.75) is 6.92 Å². The molecule has 1 rings (SSSR count). The number of hydroxylamine groups is 1. The number of rotatable bonds is 3. The Kier molecular flexibility index (Phi) is 3.29. The van der Waals surface area contributed by atoms with Crippen molar-refractivity contribution in [2.75, 3.05) is 6.61 Å². The first kappa shape index (κ1) is 8.74. The van der Waals surface area contributed by atoms with Crippen LogP contribution in [0, 0.1) is 0 Å². The summed E-state index contributed by atoms with van der Waals surface area (Å²) in [5.74, 6) is -0.211. The van der Waals surface area contributed by atoms with Gasteiger partial charge in [0.15, 0.2) is 0 Å². The number of carbonyl (C=O) groups excluding carboxylic acids is 1. The van der Waals surface area contributed by atoms with Crippen LogP contribution in [0.5, 0.6) is 0 Å². The van der Waals surface area contributed by atoms with Crippen LogP contribution in [0.4, 0.5) is 0 Å². The molecule has 0 heterocycles. The van der Waals surface area contributed by atoms with Crippen molar-refractivity contribution in [2.24, 2.45) is 0 Å². The van der Waals surface area contributed by atoms with Gasteiger partial charge in [-0.05, 0) is 19.1 Å². The van der Waals surface area contributed by atoms with E-state index in [0.717, 1.165) is 0 Å². The molecule has 1 aromatic carbocycles. The molecule has 3 heteroatoms. The van der Waals surface area contributed by atoms with Crippen LogP contribution < -0.4 is 5.48 Å². The average Bonchev–Trinajstić information content (AvgIpc) is 2.15. The molecule has 0 aliphatic carbocycles. The average molecular weight is 165 g/mol. The van der Waals surface area contributed by atoms with Gasteiger partial charge >= 0.3 is 0 Å². The van der Waals surface area contributed by atoms with Gasteiger partial charge < -0.3 is 0 Å². The molecule has 0 saturated heterocycles. The maximum Gasteiger partial charge on any atom is 0.274 e. The van der Waals surface area contributed by atoms with Crippen molar-refractivity contribution < 1.29 is 9.63 Å². The molecule has 0 radical (unpaired) electrons. The fourth-order valence-electron chi connectivity index (χ4n) is 0.786. The first-order valence-electron chi connectivity index (χ1n) is 3.81. The number of nitrogens with one attached hydrogen (secondary N) is 1. The van der Waals surface area contributed by atoms with Crippen molar-refractivity contribution in [1.29, 1.82) is 0 Å². The monoisotopic (exact) mass is 165 g/mol. The normalized spacial score (nSPS) is 9.42. The Morgan fingerprint density at radius 2 is 2.08 bits per heavy atom. The van der Waals surface area contributed by atoms with Gasteiger partial charge in [-0.3, -0.25) is 9.63 Å². The minimum Gasteiger partial charge on any atom is -0.274 e. The van der Waals surface area contributed by atoms with E-state index in [4.69, 9.17) is 4.84 Å². The summed E-state index contributed by atoms with van der Waals surface area (Å²) in [5.41, 5.74) is 2.91. The second-order valence-corrected chi connectivity index (χ2v) is 2.23. The largest absolute Gasteiger partial charge is 0.274 e. The Bertz CT molecular complexity index is 246. The van der Waals surface area contributed by atoms with E-state index in [-0.39, 0.29) is 5.91 Å². The van der Waals surface area contributed by atoms with Crippen LogP contribution in [0.25, 0.3) is 0 Å². The Hall–Kier alpha value is -1.35. The number of benzene rings is 1. The fraction of sp³-hybridized carbons (Fsp3) is 0.222. The summed E-state index contributed by atoms with van der Waals surface area (Å²) in [6, 6.07) is 8.93. The van der Waals surface area contributed by atoms with Gasteiger partial charge in [0.2, 0.25) is 0 Å². The van der Waals surface area contributed by atoms with Crippen molar-refractivity contribution >= 4 is 5.91 Å². The Labute approximate surface area is 71.3 Å². The second-order valence-electron chi connectivity index (χ2n) is 2.23. The van der Waals surface area contributed by atoms with Gasteiger partial charge in [-0.15, -0.1) is 0 Å². The number of hydrogen-bond donors (Lipinski definition) is 1. The van der Waals surface area contributed by atoms with E-state index in [1.807, 2.05) is 13.0 Å². The molecule has 1 N–H and O–H groups in total. The lowest BCUT2D eigenvalue weighted by molar-refractivity contribution is 0.0364. The maximum atomic E-state index is 11.2. The zero-order valence-corrected chi connectivity index (χ0v) is 6.91. The van der Waals surface area contributed by atoms with Crippen molar-refractivity contribution in [3.63, 3.8) is 0 Å². The van der Waals surface area contributed by atoms with Gasteiger partial charge in [0.25, 0.3) is 5.91 Å². The summed E-state index contributed by atoms with van der Waals surface area (Å²) in [7, 11) is 0. The topological polar surface area (TPSA) is 38.3 Å². The van der Waals surface area contributed by atoms with Crippen molar-refractivity contribution in [1.82, 2.24) is 5.48 Å². The van der Waals surface area contributed by atoms with Crippen LogP contribution in [0.1, 0.15) is 17.3 Å². The van der Waals surface area contributed by atoms with Gasteiger partial charge in [-0.1, -0.05) is 18.2 Å². The van der Waals surface area contributed by atoms with Gasteiger partial charge in [0, 0.05) is 5.56 Å². The lowest BCUT2D eigenvalue weighted by Gasteiger charge is -2.02. The van der Waals surface area contributed by atoms with E-state index in [1.165, 1.54) is 0 Å². The van der Waals surface area contributed by atoms with Crippen LogP contribution in [-0.2, 0) is 4.84 Å². The Morgan fingerprint density at radius 1 is 1.42 bits per heavy atom. The van der Waals surface area contributed by atoms with Crippen LogP contribution >= 0.6 is 0 Å². The molecule has 1 aromatic rings.